The van der Waals surface area contributed by atoms with Gasteiger partial charge in [-0.2, -0.15) is 50.7 Å². The van der Waals surface area contributed by atoms with Crippen LogP contribution < -0.4 is 4.98 Å². The summed E-state index contributed by atoms with van der Waals surface area (Å²) in [5.41, 5.74) is 0. The number of nitrogens with zero attached hydrogens (tertiary/aromatic N) is 1. The van der Waals surface area contributed by atoms with E-state index in [-0.39, 0.29) is 0 Å². The van der Waals surface area contributed by atoms with E-state index in [0.717, 1.165) is 0 Å². The first-order chi connectivity index (χ1) is 9.70. The quantitative estimate of drug-likeness (QED) is 0.430. The molecule has 1 nitrogen and oxygen atoms in total. The van der Waals surface area contributed by atoms with Crippen molar-refractivity contribution in [2.75, 3.05) is 0 Å². The molecule has 20 heavy (non-hydrogen) atoms. The molecule has 0 saturated heterocycles. The van der Waals surface area contributed by atoms with Crippen LogP contribution in [0.15, 0.2) is 67.0 Å². The number of aromatic nitrogens is 1. The Hall–Kier alpha value is -1.31. The van der Waals surface area contributed by atoms with E-state index in [2.05, 4.69) is 73.0 Å². The van der Waals surface area contributed by atoms with Crippen molar-refractivity contribution in [3.05, 3.63) is 72.9 Å². The van der Waals surface area contributed by atoms with E-state index in [1.165, 1.54) is 16.7 Å². The van der Waals surface area contributed by atoms with Gasteiger partial charge in [0.25, 0.3) is 0 Å². The molecule has 0 radical (unpaired) electrons. The summed E-state index contributed by atoms with van der Waals surface area (Å²) in [4.78, 5) is 6.97. The molecule has 0 spiro atoms. The van der Waals surface area contributed by atoms with E-state index in [1.54, 1.807) is 32.4 Å². The van der Waals surface area contributed by atoms with Gasteiger partial charge in [0.1, 0.15) is 0 Å². The van der Waals surface area contributed by atoms with Crippen molar-refractivity contribution in [3.63, 3.8) is 0 Å². The zero-order chi connectivity index (χ0) is 15.2. The van der Waals surface area contributed by atoms with Crippen molar-refractivity contribution in [2.45, 2.75) is 20.8 Å². The SMILES string of the molecule is C[C-](C)C.[CH2]=[Ti].c1cc[n-]c1.c1ccc2[cH-]ccc2c1. The van der Waals surface area contributed by atoms with Gasteiger partial charge < -0.3 is 10.9 Å². The molecular weight excluding hydrogens is 278 g/mol. The van der Waals surface area contributed by atoms with Gasteiger partial charge in [0.15, 0.2) is 0 Å². The summed E-state index contributed by atoms with van der Waals surface area (Å²) in [6, 6.07) is 18.4. The predicted octanol–water partition coefficient (Wildman–Crippen LogP) is 4.79. The number of hydrogen-bond donors (Lipinski definition) is 0. The number of fused-ring (bicyclic) bond motifs is 1. The van der Waals surface area contributed by atoms with Crippen molar-refractivity contribution in [1.82, 2.24) is 4.98 Å². The van der Waals surface area contributed by atoms with E-state index in [0.29, 0.717) is 0 Å². The third kappa shape index (κ3) is 9.60. The molecule has 3 aromatic rings. The monoisotopic (exact) mass is 300 g/mol. The third-order valence-electron chi connectivity index (χ3n) is 2.00. The van der Waals surface area contributed by atoms with Gasteiger partial charge in [0, 0.05) is 0 Å². The van der Waals surface area contributed by atoms with Gasteiger partial charge >= 0.3 is 24.8 Å². The molecule has 0 amide bonds. The molecule has 1 heterocycles. The molecule has 0 atom stereocenters. The smallest absolute Gasteiger partial charge is 0.0809 e. The molecule has 2 heteroatoms. The normalized spacial score (nSPS) is 8.55. The maximum absolute atomic E-state index is 3.72. The first-order valence-electron chi connectivity index (χ1n) is 6.44. The van der Waals surface area contributed by atoms with Gasteiger partial charge in [-0.1, -0.05) is 18.2 Å². The average molecular weight is 300 g/mol. The Labute approximate surface area is 134 Å². The Bertz CT molecular complexity index is 473. The van der Waals surface area contributed by atoms with Gasteiger partial charge in [0.05, 0.1) is 0 Å². The molecule has 0 saturated carbocycles. The van der Waals surface area contributed by atoms with Crippen molar-refractivity contribution in [3.8, 4) is 0 Å². The van der Waals surface area contributed by atoms with Crippen LogP contribution in [0.3, 0.4) is 0 Å². The minimum absolute atomic E-state index is 1.33. The van der Waals surface area contributed by atoms with Crippen molar-refractivity contribution in [2.24, 2.45) is 0 Å². The van der Waals surface area contributed by atoms with E-state index >= 15 is 0 Å². The van der Waals surface area contributed by atoms with Crippen LogP contribution >= 0.6 is 0 Å². The average Bonchev–Trinajstić information content (AvgIpc) is 3.15. The summed E-state index contributed by atoms with van der Waals surface area (Å²) in [6.07, 6.45) is 3.50. The predicted molar refractivity (Wildman–Crippen MR) is 86.7 cm³/mol. The minimum Gasteiger partial charge on any atom is -0.670 e. The number of rotatable bonds is 0. The van der Waals surface area contributed by atoms with Crippen LogP contribution in [-0.2, 0) is 20.0 Å². The van der Waals surface area contributed by atoms with Crippen molar-refractivity contribution >= 4 is 15.6 Å². The van der Waals surface area contributed by atoms with Crippen LogP contribution in [-0.4, -0.2) is 4.82 Å². The second-order valence-electron chi connectivity index (χ2n) is 4.49. The van der Waals surface area contributed by atoms with Crippen molar-refractivity contribution in [1.29, 1.82) is 0 Å². The Morgan fingerprint density at radius 3 is 1.95 bits per heavy atom. The fourth-order valence-electron chi connectivity index (χ4n) is 1.32. The molecule has 3 rings (SSSR count). The molecule has 0 N–H and O–H groups in total. The van der Waals surface area contributed by atoms with Gasteiger partial charge in [-0.15, -0.1) is 29.7 Å². The Kier molecular flexibility index (Phi) is 11.9. The molecule has 0 bridgehead atoms. The van der Waals surface area contributed by atoms with E-state index in [1.807, 2.05) is 12.1 Å². The van der Waals surface area contributed by atoms with Crippen LogP contribution in [0.2, 0.25) is 0 Å². The summed E-state index contributed by atoms with van der Waals surface area (Å²) < 4.78 is 0. The second kappa shape index (κ2) is 12.7. The number of hydrogen-bond acceptors (Lipinski definition) is 0. The van der Waals surface area contributed by atoms with Gasteiger partial charge in [-0.3, -0.25) is 0 Å². The van der Waals surface area contributed by atoms with Crippen LogP contribution in [0, 0.1) is 5.92 Å². The number of benzene rings is 1. The summed E-state index contributed by atoms with van der Waals surface area (Å²) in [5.74, 6) is 1.42. The molecule has 0 fully saturated rings. The second-order valence-corrected chi connectivity index (χ2v) is 4.49. The topological polar surface area (TPSA) is 14.1 Å². The summed E-state index contributed by atoms with van der Waals surface area (Å²) in [7, 11) is 0. The van der Waals surface area contributed by atoms with Gasteiger partial charge in [-0.25, -0.2) is 0 Å². The summed E-state index contributed by atoms with van der Waals surface area (Å²) >= 11 is 1.75. The molecule has 0 unspecified atom stereocenters. The fourth-order valence-corrected chi connectivity index (χ4v) is 1.32. The maximum atomic E-state index is 3.72. The van der Waals surface area contributed by atoms with Crippen LogP contribution in [0.1, 0.15) is 20.8 Å². The first kappa shape index (κ1) is 18.7. The minimum atomic E-state index is 1.33. The summed E-state index contributed by atoms with van der Waals surface area (Å²) in [6.45, 7) is 6.25. The standard InChI is InChI=1S/C9H7.C4H4N.C4H9.CH2.Ti/c1-2-5-9-7-3-6-8(9)4-1;1-2-4-5-3-1;1-4(2)3;;/h1-7H;1-4H;1-3H3;1H2;/q3*-1;;. The van der Waals surface area contributed by atoms with Crippen LogP contribution in [0.25, 0.3) is 10.8 Å². The summed E-state index contributed by atoms with van der Waals surface area (Å²) in [5, 5.41) is 2.66. The van der Waals surface area contributed by atoms with Crippen LogP contribution in [0.5, 0.6) is 0 Å². The van der Waals surface area contributed by atoms with Gasteiger partial charge in [0.2, 0.25) is 0 Å². The molecule has 1 aromatic heterocycles. The zero-order valence-corrected chi connectivity index (χ0v) is 14.1. The zero-order valence-electron chi connectivity index (χ0n) is 12.5. The first-order valence-corrected chi connectivity index (χ1v) is 7.55. The molecule has 0 aliphatic carbocycles. The Balaban J connectivity index is 0.000000282. The molecule has 2 aromatic carbocycles. The Morgan fingerprint density at radius 2 is 1.50 bits per heavy atom. The van der Waals surface area contributed by atoms with Gasteiger partial charge in [-0.05, 0) is 0 Å². The van der Waals surface area contributed by atoms with E-state index in [4.69, 9.17) is 0 Å². The van der Waals surface area contributed by atoms with E-state index < -0.39 is 0 Å². The largest absolute Gasteiger partial charge is 0.670 e. The van der Waals surface area contributed by atoms with E-state index in [9.17, 15) is 0 Å². The van der Waals surface area contributed by atoms with Crippen LogP contribution in [0.4, 0.5) is 0 Å². The fraction of sp³-hybridized carbons (Fsp3) is 0.167. The molecular formula is C18H22NTi-3. The molecule has 0 aliphatic heterocycles. The Morgan fingerprint density at radius 1 is 0.950 bits per heavy atom. The maximum Gasteiger partial charge on any atom is -0.0809 e. The molecule has 0 aliphatic rings. The molecule has 106 valence electrons. The third-order valence-corrected chi connectivity index (χ3v) is 2.00. The van der Waals surface area contributed by atoms with Crippen molar-refractivity contribution < 1.29 is 20.0 Å².